The molecule has 1 aliphatic heterocycles. The van der Waals surface area contributed by atoms with Gasteiger partial charge in [0.15, 0.2) is 0 Å². The summed E-state index contributed by atoms with van der Waals surface area (Å²) in [4.78, 5) is 12.7. The Labute approximate surface area is 148 Å². The van der Waals surface area contributed by atoms with E-state index in [0.29, 0.717) is 12.5 Å². The van der Waals surface area contributed by atoms with Gasteiger partial charge in [-0.05, 0) is 29.5 Å². The molecule has 4 nitrogen and oxygen atoms in total. The number of phenols is 1. The van der Waals surface area contributed by atoms with Gasteiger partial charge in [0.2, 0.25) is 5.91 Å². The molecule has 130 valence electrons. The molecule has 0 radical (unpaired) electrons. The second-order valence-electron chi connectivity index (χ2n) is 7.55. The van der Waals surface area contributed by atoms with E-state index in [1.54, 1.807) is 12.1 Å². The molecule has 1 heterocycles. The van der Waals surface area contributed by atoms with Crippen molar-refractivity contribution in [1.82, 2.24) is 5.32 Å². The molecule has 0 aromatic heterocycles. The van der Waals surface area contributed by atoms with Crippen molar-refractivity contribution in [2.45, 2.75) is 31.7 Å². The Morgan fingerprint density at radius 3 is 2.80 bits per heavy atom. The van der Waals surface area contributed by atoms with Crippen LogP contribution in [0.25, 0.3) is 0 Å². The average Bonchev–Trinajstić information content (AvgIpc) is 2.98. The zero-order valence-corrected chi connectivity index (χ0v) is 14.6. The highest BCUT2D eigenvalue weighted by Crippen LogP contribution is 2.59. The van der Waals surface area contributed by atoms with Crippen molar-refractivity contribution in [2.24, 2.45) is 11.8 Å². The van der Waals surface area contributed by atoms with Crippen molar-refractivity contribution in [3.05, 3.63) is 59.7 Å². The van der Waals surface area contributed by atoms with Crippen molar-refractivity contribution in [3.8, 4) is 5.75 Å². The molecule has 0 saturated heterocycles. The molecule has 1 amide bonds. The summed E-state index contributed by atoms with van der Waals surface area (Å²) in [5, 5.41) is 16.1. The summed E-state index contributed by atoms with van der Waals surface area (Å²) in [6.45, 7) is 4.94. The molecule has 4 atom stereocenters. The van der Waals surface area contributed by atoms with Crippen LogP contribution in [0.2, 0.25) is 0 Å². The fourth-order valence-corrected chi connectivity index (χ4v) is 4.34. The van der Waals surface area contributed by atoms with E-state index >= 15 is 0 Å². The van der Waals surface area contributed by atoms with E-state index in [1.165, 1.54) is 11.1 Å². The summed E-state index contributed by atoms with van der Waals surface area (Å²) in [6, 6.07) is 15.9. The Bertz CT molecular complexity index is 805. The van der Waals surface area contributed by atoms with Gasteiger partial charge in [-0.2, -0.15) is 0 Å². The van der Waals surface area contributed by atoms with Crippen LogP contribution in [0.3, 0.4) is 0 Å². The summed E-state index contributed by atoms with van der Waals surface area (Å²) in [7, 11) is 0. The number of carbonyl (C=O) groups excluding carboxylic acids is 1. The second-order valence-corrected chi connectivity index (χ2v) is 7.55. The molecule has 1 aliphatic carbocycles. The van der Waals surface area contributed by atoms with E-state index in [2.05, 4.69) is 36.6 Å². The molecule has 3 N–H and O–H groups in total. The SMILES string of the molecule is C[C@H]1C(C(=O)NC[C@@H]2Cc3ccc(O)cc3N2)[C@]1(C)c1ccccc1. The summed E-state index contributed by atoms with van der Waals surface area (Å²) in [5.41, 5.74) is 3.33. The van der Waals surface area contributed by atoms with Crippen molar-refractivity contribution < 1.29 is 9.90 Å². The van der Waals surface area contributed by atoms with Crippen molar-refractivity contribution in [2.75, 3.05) is 11.9 Å². The van der Waals surface area contributed by atoms with Gasteiger partial charge in [0, 0.05) is 29.8 Å². The Kier molecular flexibility index (Phi) is 3.71. The maximum absolute atomic E-state index is 12.7. The van der Waals surface area contributed by atoms with Gasteiger partial charge in [0.1, 0.15) is 5.75 Å². The predicted molar refractivity (Wildman–Crippen MR) is 98.7 cm³/mol. The lowest BCUT2D eigenvalue weighted by atomic mass is 9.94. The van der Waals surface area contributed by atoms with E-state index in [9.17, 15) is 9.90 Å². The van der Waals surface area contributed by atoms with Gasteiger partial charge in [-0.1, -0.05) is 50.2 Å². The first kappa shape index (κ1) is 16.0. The highest BCUT2D eigenvalue weighted by molar-refractivity contribution is 5.85. The van der Waals surface area contributed by atoms with Crippen LogP contribution in [0, 0.1) is 11.8 Å². The Morgan fingerprint density at radius 2 is 2.04 bits per heavy atom. The summed E-state index contributed by atoms with van der Waals surface area (Å²) < 4.78 is 0. The number of benzene rings is 2. The largest absolute Gasteiger partial charge is 0.508 e. The minimum absolute atomic E-state index is 0.0303. The lowest BCUT2D eigenvalue weighted by Gasteiger charge is -2.15. The van der Waals surface area contributed by atoms with Gasteiger partial charge < -0.3 is 15.7 Å². The monoisotopic (exact) mass is 336 g/mol. The van der Waals surface area contributed by atoms with Crippen LogP contribution in [-0.4, -0.2) is 23.6 Å². The first-order valence-corrected chi connectivity index (χ1v) is 8.92. The zero-order valence-electron chi connectivity index (χ0n) is 14.6. The summed E-state index contributed by atoms with van der Waals surface area (Å²) >= 11 is 0. The van der Waals surface area contributed by atoms with E-state index in [0.717, 1.165) is 12.1 Å². The minimum Gasteiger partial charge on any atom is -0.508 e. The number of fused-ring (bicyclic) bond motifs is 1. The third kappa shape index (κ3) is 2.66. The fraction of sp³-hybridized carbons (Fsp3) is 0.381. The Morgan fingerprint density at radius 1 is 1.28 bits per heavy atom. The summed E-state index contributed by atoms with van der Waals surface area (Å²) in [6.07, 6.45) is 0.867. The van der Waals surface area contributed by atoms with Crippen LogP contribution in [0.5, 0.6) is 5.75 Å². The minimum atomic E-state index is -0.0663. The molecular formula is C21H24N2O2. The third-order valence-electron chi connectivity index (χ3n) is 6.10. The highest BCUT2D eigenvalue weighted by atomic mass is 16.3. The number of anilines is 1. The van der Waals surface area contributed by atoms with E-state index < -0.39 is 0 Å². The van der Waals surface area contributed by atoms with Gasteiger partial charge in [-0.15, -0.1) is 0 Å². The van der Waals surface area contributed by atoms with Crippen LogP contribution in [0.1, 0.15) is 25.0 Å². The van der Waals surface area contributed by atoms with Crippen LogP contribution < -0.4 is 10.6 Å². The van der Waals surface area contributed by atoms with Gasteiger partial charge in [-0.3, -0.25) is 4.79 Å². The smallest absolute Gasteiger partial charge is 0.224 e. The normalized spacial score (nSPS) is 29.6. The molecule has 25 heavy (non-hydrogen) atoms. The first-order valence-electron chi connectivity index (χ1n) is 8.92. The molecule has 4 rings (SSSR count). The molecule has 0 spiro atoms. The number of rotatable bonds is 4. The maximum Gasteiger partial charge on any atom is 0.224 e. The quantitative estimate of drug-likeness (QED) is 0.804. The van der Waals surface area contributed by atoms with E-state index in [1.807, 2.05) is 24.3 Å². The molecule has 4 heteroatoms. The molecular weight excluding hydrogens is 312 g/mol. The number of carbonyl (C=O) groups is 1. The molecule has 2 aromatic rings. The lowest BCUT2D eigenvalue weighted by molar-refractivity contribution is -0.122. The number of nitrogens with one attached hydrogen (secondary N) is 2. The lowest BCUT2D eigenvalue weighted by Crippen LogP contribution is -2.37. The van der Waals surface area contributed by atoms with Gasteiger partial charge in [0.25, 0.3) is 0 Å². The number of amides is 1. The van der Waals surface area contributed by atoms with Crippen LogP contribution in [-0.2, 0) is 16.6 Å². The average molecular weight is 336 g/mol. The van der Waals surface area contributed by atoms with E-state index in [-0.39, 0.29) is 29.0 Å². The van der Waals surface area contributed by atoms with Crippen molar-refractivity contribution in [1.29, 1.82) is 0 Å². The third-order valence-corrected chi connectivity index (χ3v) is 6.10. The fourth-order valence-electron chi connectivity index (χ4n) is 4.34. The molecule has 2 aliphatic rings. The first-order chi connectivity index (χ1) is 12.0. The number of aromatic hydroxyl groups is 1. The van der Waals surface area contributed by atoms with Crippen LogP contribution >= 0.6 is 0 Å². The van der Waals surface area contributed by atoms with Crippen LogP contribution in [0.15, 0.2) is 48.5 Å². The molecule has 2 aromatic carbocycles. The Hall–Kier alpha value is -2.49. The number of phenolic OH excluding ortho intramolecular Hbond substituents is 1. The number of hydrogen-bond donors (Lipinski definition) is 3. The van der Waals surface area contributed by atoms with Gasteiger partial charge >= 0.3 is 0 Å². The van der Waals surface area contributed by atoms with Gasteiger partial charge in [0.05, 0.1) is 5.92 Å². The second kappa shape index (κ2) is 5.80. The van der Waals surface area contributed by atoms with Crippen LogP contribution in [0.4, 0.5) is 5.69 Å². The number of hydrogen-bond acceptors (Lipinski definition) is 3. The van der Waals surface area contributed by atoms with Crippen molar-refractivity contribution >= 4 is 11.6 Å². The molecule has 1 saturated carbocycles. The molecule has 1 unspecified atom stereocenters. The molecule has 0 bridgehead atoms. The Balaban J connectivity index is 1.36. The topological polar surface area (TPSA) is 61.4 Å². The van der Waals surface area contributed by atoms with Gasteiger partial charge in [-0.25, -0.2) is 0 Å². The zero-order chi connectivity index (χ0) is 17.6. The summed E-state index contributed by atoms with van der Waals surface area (Å²) in [5.74, 6) is 0.782. The predicted octanol–water partition coefficient (Wildman–Crippen LogP) is 3.07. The maximum atomic E-state index is 12.7. The standard InChI is InChI=1S/C21H24N2O2/c1-13-19(21(13,2)15-6-4-3-5-7-15)20(25)22-12-16-10-14-8-9-17(24)11-18(14)23-16/h3-9,11,13,16,19,23-24H,10,12H2,1-2H3,(H,22,25)/t13-,16-,19?,21-/m0/s1. The van der Waals surface area contributed by atoms with E-state index in [4.69, 9.17) is 0 Å². The molecule has 1 fully saturated rings. The highest BCUT2D eigenvalue weighted by Gasteiger charge is 2.62. The van der Waals surface area contributed by atoms with Crippen molar-refractivity contribution in [3.63, 3.8) is 0 Å².